The smallest absolute Gasteiger partial charge is 0.348 e. The van der Waals surface area contributed by atoms with Gasteiger partial charge in [-0.15, -0.1) is 0 Å². The van der Waals surface area contributed by atoms with E-state index in [9.17, 15) is 4.79 Å². The van der Waals surface area contributed by atoms with Crippen molar-refractivity contribution in [1.82, 2.24) is 0 Å². The molecule has 0 atom stereocenters. The van der Waals surface area contributed by atoms with Gasteiger partial charge >= 0.3 is 5.97 Å². The minimum atomic E-state index is -0.648. The van der Waals surface area contributed by atoms with Crippen molar-refractivity contribution in [3.8, 4) is 17.6 Å². The SMILES string of the molecule is CCOC(=O)/C(C#N)=C/c1cc(Br)c(OC)c(OCC)c1. The number of carbonyl (C=O) groups is 1. The van der Waals surface area contributed by atoms with Gasteiger partial charge in [-0.25, -0.2) is 4.79 Å². The zero-order valence-electron chi connectivity index (χ0n) is 12.1. The maximum absolute atomic E-state index is 11.6. The summed E-state index contributed by atoms with van der Waals surface area (Å²) in [4.78, 5) is 11.6. The van der Waals surface area contributed by atoms with E-state index in [1.807, 2.05) is 13.0 Å². The van der Waals surface area contributed by atoms with E-state index >= 15 is 0 Å². The van der Waals surface area contributed by atoms with Crippen LogP contribution >= 0.6 is 15.9 Å². The van der Waals surface area contributed by atoms with Crippen molar-refractivity contribution in [2.45, 2.75) is 13.8 Å². The summed E-state index contributed by atoms with van der Waals surface area (Å²) in [7, 11) is 1.54. The lowest BCUT2D eigenvalue weighted by atomic mass is 10.1. The highest BCUT2D eigenvalue weighted by Gasteiger charge is 2.13. The highest BCUT2D eigenvalue weighted by Crippen LogP contribution is 2.37. The number of hydrogen-bond acceptors (Lipinski definition) is 5. The van der Waals surface area contributed by atoms with Crippen LogP contribution < -0.4 is 9.47 Å². The molecule has 0 heterocycles. The van der Waals surface area contributed by atoms with Gasteiger partial charge in [0.1, 0.15) is 11.6 Å². The Kier molecular flexibility index (Phi) is 6.76. The Morgan fingerprint density at radius 3 is 2.62 bits per heavy atom. The van der Waals surface area contributed by atoms with Crippen LogP contribution in [0.25, 0.3) is 6.08 Å². The molecule has 0 radical (unpaired) electrons. The number of nitrogens with zero attached hydrogens (tertiary/aromatic N) is 1. The summed E-state index contributed by atoms with van der Waals surface area (Å²) in [5, 5.41) is 9.04. The van der Waals surface area contributed by atoms with Crippen LogP contribution in [-0.4, -0.2) is 26.3 Å². The van der Waals surface area contributed by atoms with Crippen LogP contribution in [0.15, 0.2) is 22.2 Å². The number of halogens is 1. The lowest BCUT2D eigenvalue weighted by Crippen LogP contribution is -2.06. The highest BCUT2D eigenvalue weighted by atomic mass is 79.9. The monoisotopic (exact) mass is 353 g/mol. The Balaban J connectivity index is 3.24. The summed E-state index contributed by atoms with van der Waals surface area (Å²) in [6.45, 7) is 4.23. The van der Waals surface area contributed by atoms with E-state index in [2.05, 4.69) is 15.9 Å². The maximum Gasteiger partial charge on any atom is 0.348 e. The molecule has 112 valence electrons. The molecule has 1 aromatic rings. The first kappa shape index (κ1) is 17.1. The summed E-state index contributed by atoms with van der Waals surface area (Å²) in [6, 6.07) is 5.27. The van der Waals surface area contributed by atoms with Crippen LogP contribution in [0, 0.1) is 11.3 Å². The summed E-state index contributed by atoms with van der Waals surface area (Å²) >= 11 is 3.37. The molecule has 0 aliphatic rings. The molecule has 6 heteroatoms. The zero-order chi connectivity index (χ0) is 15.8. The number of nitriles is 1. The van der Waals surface area contributed by atoms with E-state index in [1.54, 1.807) is 19.1 Å². The van der Waals surface area contributed by atoms with E-state index in [-0.39, 0.29) is 12.2 Å². The molecule has 0 fully saturated rings. The fourth-order valence-corrected chi connectivity index (χ4v) is 2.27. The van der Waals surface area contributed by atoms with Crippen molar-refractivity contribution in [2.75, 3.05) is 20.3 Å². The third-order valence-corrected chi connectivity index (χ3v) is 3.05. The Bertz CT molecular complexity index is 590. The summed E-state index contributed by atoms with van der Waals surface area (Å²) < 4.78 is 16.2. The van der Waals surface area contributed by atoms with Gasteiger partial charge in [0.2, 0.25) is 0 Å². The van der Waals surface area contributed by atoms with Gasteiger partial charge < -0.3 is 14.2 Å². The number of benzene rings is 1. The van der Waals surface area contributed by atoms with Crippen molar-refractivity contribution in [3.63, 3.8) is 0 Å². The first-order valence-corrected chi connectivity index (χ1v) is 7.15. The van der Waals surface area contributed by atoms with Crippen molar-refractivity contribution >= 4 is 28.0 Å². The molecule has 0 aliphatic heterocycles. The van der Waals surface area contributed by atoms with Crippen molar-refractivity contribution in [1.29, 1.82) is 5.26 Å². The van der Waals surface area contributed by atoms with E-state index in [0.717, 1.165) is 0 Å². The van der Waals surface area contributed by atoms with E-state index < -0.39 is 5.97 Å². The number of hydrogen-bond donors (Lipinski definition) is 0. The van der Waals surface area contributed by atoms with Gasteiger partial charge in [-0.2, -0.15) is 5.26 Å². The first-order chi connectivity index (χ1) is 10.1. The number of ether oxygens (including phenoxy) is 3. The molecule has 0 amide bonds. The average molecular weight is 354 g/mol. The molecule has 0 aromatic heterocycles. The maximum atomic E-state index is 11.6. The fraction of sp³-hybridized carbons (Fsp3) is 0.333. The van der Waals surface area contributed by atoms with Gasteiger partial charge in [0.25, 0.3) is 0 Å². The van der Waals surface area contributed by atoms with E-state index in [1.165, 1.54) is 13.2 Å². The summed E-state index contributed by atoms with van der Waals surface area (Å²) in [5.41, 5.74) is 0.562. The molecule has 0 N–H and O–H groups in total. The molecular weight excluding hydrogens is 338 g/mol. The van der Waals surface area contributed by atoms with Crippen LogP contribution in [-0.2, 0) is 9.53 Å². The quantitative estimate of drug-likeness (QED) is 0.445. The van der Waals surface area contributed by atoms with Crippen molar-refractivity contribution in [3.05, 3.63) is 27.7 Å². The van der Waals surface area contributed by atoms with Crippen molar-refractivity contribution in [2.24, 2.45) is 0 Å². The second kappa shape index (κ2) is 8.32. The van der Waals surface area contributed by atoms with Crippen LogP contribution in [0.3, 0.4) is 0 Å². The molecule has 21 heavy (non-hydrogen) atoms. The average Bonchev–Trinajstić information content (AvgIpc) is 2.45. The Labute approximate surface area is 132 Å². The molecule has 0 unspecified atom stereocenters. The molecular formula is C15H16BrNO4. The predicted octanol–water partition coefficient (Wildman–Crippen LogP) is 3.33. The molecule has 0 aliphatic carbocycles. The summed E-state index contributed by atoms with van der Waals surface area (Å²) in [5.74, 6) is 0.440. The zero-order valence-corrected chi connectivity index (χ0v) is 13.7. The molecule has 0 bridgehead atoms. The normalized spacial score (nSPS) is 10.7. The standard InChI is InChI=1S/C15H16BrNO4/c1-4-20-13-8-10(7-12(16)14(13)19-3)6-11(9-17)15(18)21-5-2/h6-8H,4-5H2,1-3H3/b11-6+. The minimum Gasteiger partial charge on any atom is -0.492 e. The second-order valence-corrected chi connectivity index (χ2v) is 4.71. The largest absolute Gasteiger partial charge is 0.492 e. The van der Waals surface area contributed by atoms with E-state index in [0.29, 0.717) is 28.1 Å². The third-order valence-electron chi connectivity index (χ3n) is 2.46. The Morgan fingerprint density at radius 2 is 2.10 bits per heavy atom. The minimum absolute atomic E-state index is 0.0728. The molecule has 5 nitrogen and oxygen atoms in total. The Morgan fingerprint density at radius 1 is 1.38 bits per heavy atom. The van der Waals surface area contributed by atoms with Crippen LogP contribution in [0.4, 0.5) is 0 Å². The topological polar surface area (TPSA) is 68.6 Å². The number of esters is 1. The fourth-order valence-electron chi connectivity index (χ4n) is 1.64. The van der Waals surface area contributed by atoms with Crippen LogP contribution in [0.5, 0.6) is 11.5 Å². The highest BCUT2D eigenvalue weighted by molar-refractivity contribution is 9.10. The lowest BCUT2D eigenvalue weighted by Gasteiger charge is -2.12. The van der Waals surface area contributed by atoms with Gasteiger partial charge in [-0.3, -0.25) is 0 Å². The van der Waals surface area contributed by atoms with Gasteiger partial charge in [-0.05, 0) is 53.5 Å². The predicted molar refractivity (Wildman–Crippen MR) is 82.1 cm³/mol. The van der Waals surface area contributed by atoms with Gasteiger partial charge in [-0.1, -0.05) is 0 Å². The molecule has 1 aromatic carbocycles. The molecule has 1 rings (SSSR count). The summed E-state index contributed by atoms with van der Waals surface area (Å²) in [6.07, 6.45) is 1.45. The van der Waals surface area contributed by atoms with Crippen LogP contribution in [0.1, 0.15) is 19.4 Å². The van der Waals surface area contributed by atoms with Crippen molar-refractivity contribution < 1.29 is 19.0 Å². The van der Waals surface area contributed by atoms with Gasteiger partial charge in [0.15, 0.2) is 11.5 Å². The Hall–Kier alpha value is -2.00. The van der Waals surface area contributed by atoms with E-state index in [4.69, 9.17) is 19.5 Å². The number of methoxy groups -OCH3 is 1. The number of rotatable bonds is 6. The van der Waals surface area contributed by atoms with Gasteiger partial charge in [0, 0.05) is 0 Å². The molecule has 0 saturated carbocycles. The lowest BCUT2D eigenvalue weighted by molar-refractivity contribution is -0.137. The second-order valence-electron chi connectivity index (χ2n) is 3.86. The van der Waals surface area contributed by atoms with Crippen LogP contribution in [0.2, 0.25) is 0 Å². The molecule has 0 saturated heterocycles. The number of carbonyl (C=O) groups excluding carboxylic acids is 1. The first-order valence-electron chi connectivity index (χ1n) is 6.36. The van der Waals surface area contributed by atoms with Gasteiger partial charge in [0.05, 0.1) is 24.8 Å². The molecule has 0 spiro atoms. The third kappa shape index (κ3) is 4.50.